The van der Waals surface area contributed by atoms with E-state index in [1.807, 2.05) is 11.7 Å². The maximum Gasteiger partial charge on any atom is 0.130 e. The molecule has 0 aromatic carbocycles. The lowest BCUT2D eigenvalue weighted by Crippen LogP contribution is -2.41. The molecule has 102 valence electrons. The predicted octanol–water partition coefficient (Wildman–Crippen LogP) is 1.85. The summed E-state index contributed by atoms with van der Waals surface area (Å²) in [7, 11) is 2.05. The Morgan fingerprint density at radius 1 is 1.39 bits per heavy atom. The highest BCUT2D eigenvalue weighted by Gasteiger charge is 2.27. The first-order chi connectivity index (χ1) is 8.54. The van der Waals surface area contributed by atoms with E-state index < -0.39 is 0 Å². The van der Waals surface area contributed by atoms with Crippen LogP contribution in [0.1, 0.15) is 37.9 Å². The second-order valence-corrected chi connectivity index (χ2v) is 5.72. The first-order valence-corrected chi connectivity index (χ1v) is 7.03. The fourth-order valence-corrected chi connectivity index (χ4v) is 3.21. The van der Waals surface area contributed by atoms with Crippen LogP contribution in [0.25, 0.3) is 0 Å². The van der Waals surface area contributed by atoms with Gasteiger partial charge in [-0.05, 0) is 45.6 Å². The van der Waals surface area contributed by atoms with E-state index in [9.17, 15) is 0 Å². The predicted molar refractivity (Wildman–Crippen MR) is 75.9 cm³/mol. The minimum atomic E-state index is 0.597. The van der Waals surface area contributed by atoms with E-state index in [2.05, 4.69) is 30.8 Å². The molecule has 1 aromatic heterocycles. The molecule has 4 heteroatoms. The molecule has 2 unspecified atom stereocenters. The molecule has 1 aliphatic rings. The van der Waals surface area contributed by atoms with Crippen LogP contribution in [-0.2, 0) is 13.5 Å². The van der Waals surface area contributed by atoms with Gasteiger partial charge in [-0.1, -0.05) is 6.92 Å². The van der Waals surface area contributed by atoms with Gasteiger partial charge in [0.2, 0.25) is 0 Å². The van der Waals surface area contributed by atoms with Crippen molar-refractivity contribution in [3.63, 3.8) is 0 Å². The number of nitrogens with zero attached hydrogens (tertiary/aromatic N) is 3. The molecule has 0 bridgehead atoms. The van der Waals surface area contributed by atoms with Gasteiger partial charge in [-0.15, -0.1) is 0 Å². The number of hydrogen-bond acceptors (Lipinski definition) is 3. The summed E-state index contributed by atoms with van der Waals surface area (Å²) < 4.78 is 2.03. The zero-order valence-corrected chi connectivity index (χ0v) is 12.1. The molecular weight excluding hydrogens is 224 g/mol. The van der Waals surface area contributed by atoms with Crippen LogP contribution in [0.2, 0.25) is 0 Å². The van der Waals surface area contributed by atoms with Crippen molar-refractivity contribution in [1.29, 1.82) is 0 Å². The highest BCUT2D eigenvalue weighted by molar-refractivity contribution is 5.51. The van der Waals surface area contributed by atoms with Crippen LogP contribution in [0.3, 0.4) is 0 Å². The van der Waals surface area contributed by atoms with Gasteiger partial charge in [-0.25, -0.2) is 0 Å². The van der Waals surface area contributed by atoms with Gasteiger partial charge in [0.1, 0.15) is 5.82 Å². The van der Waals surface area contributed by atoms with Gasteiger partial charge >= 0.3 is 0 Å². The van der Waals surface area contributed by atoms with Gasteiger partial charge < -0.3 is 10.6 Å². The minimum Gasteiger partial charge on any atom is -0.354 e. The Balaban J connectivity index is 2.32. The SMILES string of the molecule is Cc1nn(C)c(N2CCC(C)CC2C)c1CCN. The Hall–Kier alpha value is -1.03. The Morgan fingerprint density at radius 2 is 2.11 bits per heavy atom. The van der Waals surface area contributed by atoms with Crippen molar-refractivity contribution in [1.82, 2.24) is 9.78 Å². The summed E-state index contributed by atoms with van der Waals surface area (Å²) in [6, 6.07) is 0.597. The molecular formula is C14H26N4. The van der Waals surface area contributed by atoms with Crippen LogP contribution in [0.15, 0.2) is 0 Å². The highest BCUT2D eigenvalue weighted by atomic mass is 15.4. The van der Waals surface area contributed by atoms with E-state index in [1.165, 1.54) is 24.2 Å². The first kappa shape index (κ1) is 13.4. The molecule has 2 heterocycles. The molecule has 1 fully saturated rings. The summed E-state index contributed by atoms with van der Waals surface area (Å²) in [6.07, 6.45) is 3.47. The number of piperidine rings is 1. The molecule has 1 saturated heterocycles. The molecule has 1 aliphatic heterocycles. The second kappa shape index (κ2) is 5.31. The number of anilines is 1. The summed E-state index contributed by atoms with van der Waals surface area (Å²) in [6.45, 7) is 8.59. The molecule has 0 saturated carbocycles. The average molecular weight is 250 g/mol. The number of rotatable bonds is 3. The molecule has 0 radical (unpaired) electrons. The van der Waals surface area contributed by atoms with Crippen LogP contribution >= 0.6 is 0 Å². The zero-order valence-electron chi connectivity index (χ0n) is 12.1. The molecule has 1 aromatic rings. The van der Waals surface area contributed by atoms with Crippen LogP contribution in [0, 0.1) is 12.8 Å². The normalized spacial score (nSPS) is 24.6. The zero-order chi connectivity index (χ0) is 13.3. The van der Waals surface area contributed by atoms with Crippen LogP contribution in [-0.4, -0.2) is 28.9 Å². The van der Waals surface area contributed by atoms with Crippen LogP contribution < -0.4 is 10.6 Å². The van der Waals surface area contributed by atoms with E-state index in [0.717, 1.165) is 24.6 Å². The number of aryl methyl sites for hydroxylation is 2. The van der Waals surface area contributed by atoms with Crippen LogP contribution in [0.5, 0.6) is 0 Å². The maximum atomic E-state index is 5.74. The molecule has 0 aliphatic carbocycles. The number of hydrogen-bond donors (Lipinski definition) is 1. The first-order valence-electron chi connectivity index (χ1n) is 7.03. The standard InChI is InChI=1S/C14H26N4/c1-10-6-8-18(11(2)9-10)14-13(5-7-15)12(3)16-17(14)4/h10-11H,5-9,15H2,1-4H3. The van der Waals surface area contributed by atoms with Crippen molar-refractivity contribution in [3.05, 3.63) is 11.3 Å². The minimum absolute atomic E-state index is 0.597. The van der Waals surface area contributed by atoms with Crippen LogP contribution in [0.4, 0.5) is 5.82 Å². The Morgan fingerprint density at radius 3 is 2.72 bits per heavy atom. The van der Waals surface area contributed by atoms with Gasteiger partial charge in [0.15, 0.2) is 0 Å². The third-order valence-electron chi connectivity index (χ3n) is 4.12. The quantitative estimate of drug-likeness (QED) is 0.890. The lowest BCUT2D eigenvalue weighted by atomic mass is 9.93. The molecule has 18 heavy (non-hydrogen) atoms. The number of aromatic nitrogens is 2. The van der Waals surface area contributed by atoms with Crippen molar-refractivity contribution in [2.75, 3.05) is 18.0 Å². The largest absolute Gasteiger partial charge is 0.354 e. The average Bonchev–Trinajstić information content (AvgIpc) is 2.56. The van der Waals surface area contributed by atoms with Gasteiger partial charge in [0.25, 0.3) is 0 Å². The molecule has 2 N–H and O–H groups in total. The van der Waals surface area contributed by atoms with E-state index in [-0.39, 0.29) is 0 Å². The second-order valence-electron chi connectivity index (χ2n) is 5.72. The Labute approximate surface area is 110 Å². The lowest BCUT2D eigenvalue weighted by Gasteiger charge is -2.38. The van der Waals surface area contributed by atoms with E-state index in [4.69, 9.17) is 5.73 Å². The van der Waals surface area contributed by atoms with E-state index >= 15 is 0 Å². The van der Waals surface area contributed by atoms with Crippen molar-refractivity contribution < 1.29 is 0 Å². The summed E-state index contributed by atoms with van der Waals surface area (Å²) >= 11 is 0. The number of nitrogens with two attached hydrogens (primary N) is 1. The van der Waals surface area contributed by atoms with Crippen molar-refractivity contribution in [3.8, 4) is 0 Å². The Kier molecular flexibility index (Phi) is 3.95. The molecule has 0 spiro atoms. The highest BCUT2D eigenvalue weighted by Crippen LogP contribution is 2.31. The van der Waals surface area contributed by atoms with Crippen molar-refractivity contribution >= 4 is 5.82 Å². The van der Waals surface area contributed by atoms with Crippen molar-refractivity contribution in [2.24, 2.45) is 18.7 Å². The van der Waals surface area contributed by atoms with Gasteiger partial charge in [-0.2, -0.15) is 5.10 Å². The maximum absolute atomic E-state index is 5.74. The fourth-order valence-electron chi connectivity index (χ4n) is 3.21. The van der Waals surface area contributed by atoms with Gasteiger partial charge in [0, 0.05) is 25.2 Å². The topological polar surface area (TPSA) is 47.1 Å². The molecule has 4 nitrogen and oxygen atoms in total. The lowest BCUT2D eigenvalue weighted by molar-refractivity contribution is 0.372. The smallest absolute Gasteiger partial charge is 0.130 e. The Bertz CT molecular complexity index is 410. The molecule has 2 atom stereocenters. The van der Waals surface area contributed by atoms with Crippen molar-refractivity contribution in [2.45, 2.75) is 46.1 Å². The van der Waals surface area contributed by atoms with Gasteiger partial charge in [-0.3, -0.25) is 4.68 Å². The molecule has 2 rings (SSSR count). The third-order valence-corrected chi connectivity index (χ3v) is 4.12. The fraction of sp³-hybridized carbons (Fsp3) is 0.786. The monoisotopic (exact) mass is 250 g/mol. The molecule has 0 amide bonds. The summed E-state index contributed by atoms with van der Waals surface area (Å²) in [5, 5.41) is 4.58. The van der Waals surface area contributed by atoms with E-state index in [0.29, 0.717) is 12.6 Å². The summed E-state index contributed by atoms with van der Waals surface area (Å²) in [5.74, 6) is 2.13. The van der Waals surface area contributed by atoms with E-state index in [1.54, 1.807) is 0 Å². The third kappa shape index (κ3) is 2.39. The van der Waals surface area contributed by atoms with Gasteiger partial charge in [0.05, 0.1) is 5.69 Å². The summed E-state index contributed by atoms with van der Waals surface area (Å²) in [4.78, 5) is 2.52. The summed E-state index contributed by atoms with van der Waals surface area (Å²) in [5.41, 5.74) is 8.20.